The van der Waals surface area contributed by atoms with Crippen molar-refractivity contribution in [1.29, 1.82) is 0 Å². The average Bonchev–Trinajstić information content (AvgIpc) is 2.85. The van der Waals surface area contributed by atoms with Crippen molar-refractivity contribution >= 4 is 16.7 Å². The molecule has 0 aliphatic carbocycles. The van der Waals surface area contributed by atoms with E-state index in [-0.39, 0.29) is 5.97 Å². The Bertz CT molecular complexity index is 1320. The van der Waals surface area contributed by atoms with Crippen LogP contribution in [-0.2, 0) is 14.2 Å². The molecule has 0 aliphatic heterocycles. The first-order valence-electron chi connectivity index (χ1n) is 10.9. The van der Waals surface area contributed by atoms with Gasteiger partial charge in [-0.15, -0.1) is 0 Å². The van der Waals surface area contributed by atoms with Crippen LogP contribution >= 0.6 is 0 Å². The van der Waals surface area contributed by atoms with Gasteiger partial charge in [0.25, 0.3) is 0 Å². The molecule has 4 nitrogen and oxygen atoms in total. The summed E-state index contributed by atoms with van der Waals surface area (Å²) in [6.45, 7) is 3.97. The van der Waals surface area contributed by atoms with Crippen molar-refractivity contribution in [3.8, 4) is 22.3 Å². The lowest BCUT2D eigenvalue weighted by Crippen LogP contribution is -2.05. The summed E-state index contributed by atoms with van der Waals surface area (Å²) in [6, 6.07) is 24.9. The molecule has 0 fully saturated rings. The number of benzene rings is 4. The molecular weight excluding hydrogens is 412 g/mol. The number of aryl methyl sites for hydroxylation is 2. The zero-order valence-corrected chi connectivity index (χ0v) is 19.6. The Morgan fingerprint density at radius 2 is 1.24 bits per heavy atom. The Kier molecular flexibility index (Phi) is 6.59. The highest BCUT2D eigenvalue weighted by atomic mass is 16.7. The van der Waals surface area contributed by atoms with Gasteiger partial charge in [0.05, 0.1) is 12.7 Å². The van der Waals surface area contributed by atoms with Crippen molar-refractivity contribution in [2.75, 3.05) is 21.3 Å². The predicted molar refractivity (Wildman–Crippen MR) is 132 cm³/mol. The highest BCUT2D eigenvalue weighted by Crippen LogP contribution is 2.37. The fraction of sp³-hybridized carbons (Fsp3) is 0.207. The van der Waals surface area contributed by atoms with Gasteiger partial charge in [0.15, 0.2) is 6.29 Å². The molecule has 4 rings (SSSR count). The molecule has 4 heteroatoms. The van der Waals surface area contributed by atoms with Crippen LogP contribution in [0.15, 0.2) is 72.8 Å². The van der Waals surface area contributed by atoms with Crippen molar-refractivity contribution in [2.45, 2.75) is 20.1 Å². The van der Waals surface area contributed by atoms with Crippen LogP contribution in [-0.4, -0.2) is 27.3 Å². The summed E-state index contributed by atoms with van der Waals surface area (Å²) in [4.78, 5) is 12.2. The summed E-state index contributed by atoms with van der Waals surface area (Å²) in [5.74, 6) is -0.326. The first-order chi connectivity index (χ1) is 16.0. The second-order valence-corrected chi connectivity index (χ2v) is 8.10. The number of carbonyl (C=O) groups is 1. The van der Waals surface area contributed by atoms with Gasteiger partial charge in [0.1, 0.15) is 0 Å². The van der Waals surface area contributed by atoms with E-state index in [1.165, 1.54) is 7.11 Å². The van der Waals surface area contributed by atoms with E-state index in [1.807, 2.05) is 19.1 Å². The lowest BCUT2D eigenvalue weighted by molar-refractivity contribution is -0.106. The zero-order valence-electron chi connectivity index (χ0n) is 19.6. The first kappa shape index (κ1) is 22.7. The maximum absolute atomic E-state index is 12.2. The molecule has 4 aromatic carbocycles. The highest BCUT2D eigenvalue weighted by molar-refractivity contribution is 6.05. The predicted octanol–water partition coefficient (Wildman–Crippen LogP) is 6.87. The van der Waals surface area contributed by atoms with Gasteiger partial charge in [-0.05, 0) is 70.1 Å². The largest absolute Gasteiger partial charge is 0.465 e. The van der Waals surface area contributed by atoms with Gasteiger partial charge < -0.3 is 14.2 Å². The third-order valence-electron chi connectivity index (χ3n) is 6.15. The third-order valence-corrected chi connectivity index (χ3v) is 6.15. The lowest BCUT2D eigenvalue weighted by atomic mass is 9.91. The van der Waals surface area contributed by atoms with Crippen LogP contribution in [0.3, 0.4) is 0 Å². The summed E-state index contributed by atoms with van der Waals surface area (Å²) in [5.41, 5.74) is 7.86. The zero-order chi connectivity index (χ0) is 23.5. The Hall–Kier alpha value is -3.47. The molecule has 0 heterocycles. The fourth-order valence-corrected chi connectivity index (χ4v) is 4.34. The number of methoxy groups -OCH3 is 3. The van der Waals surface area contributed by atoms with E-state index in [9.17, 15) is 4.79 Å². The van der Waals surface area contributed by atoms with E-state index in [1.54, 1.807) is 14.2 Å². The van der Waals surface area contributed by atoms with Crippen molar-refractivity contribution in [3.63, 3.8) is 0 Å². The topological polar surface area (TPSA) is 44.8 Å². The van der Waals surface area contributed by atoms with Gasteiger partial charge >= 0.3 is 5.97 Å². The molecule has 4 aromatic rings. The number of hydrogen-bond donors (Lipinski definition) is 0. The Labute approximate surface area is 194 Å². The van der Waals surface area contributed by atoms with Gasteiger partial charge in [0.2, 0.25) is 0 Å². The molecule has 33 heavy (non-hydrogen) atoms. The smallest absolute Gasteiger partial charge is 0.338 e. The van der Waals surface area contributed by atoms with E-state index >= 15 is 0 Å². The molecule has 0 amide bonds. The number of esters is 1. The van der Waals surface area contributed by atoms with E-state index in [0.717, 1.165) is 49.7 Å². The second kappa shape index (κ2) is 9.57. The quantitative estimate of drug-likeness (QED) is 0.242. The Morgan fingerprint density at radius 1 is 0.697 bits per heavy atom. The molecular formula is C29H28O4. The minimum atomic E-state index is -0.417. The molecule has 0 aromatic heterocycles. The van der Waals surface area contributed by atoms with E-state index in [4.69, 9.17) is 14.2 Å². The molecule has 0 atom stereocenters. The summed E-state index contributed by atoms with van der Waals surface area (Å²) in [7, 11) is 4.70. The van der Waals surface area contributed by atoms with E-state index in [2.05, 4.69) is 67.6 Å². The molecule has 0 radical (unpaired) electrons. The van der Waals surface area contributed by atoms with Gasteiger partial charge in [-0.1, -0.05) is 60.7 Å². The van der Waals surface area contributed by atoms with Crippen LogP contribution in [0.1, 0.15) is 33.3 Å². The summed E-state index contributed by atoms with van der Waals surface area (Å²) >= 11 is 0. The number of ether oxygens (including phenoxy) is 3. The third kappa shape index (κ3) is 4.28. The second-order valence-electron chi connectivity index (χ2n) is 8.10. The molecule has 0 N–H and O–H groups in total. The SMILES string of the molecule is COC(=O)c1cc(-c2cccc3c(-c4ccc(C)c(C(OC)OC)c4)cccc23)ccc1C. The van der Waals surface area contributed by atoms with Crippen LogP contribution in [0.5, 0.6) is 0 Å². The van der Waals surface area contributed by atoms with E-state index in [0.29, 0.717) is 5.56 Å². The lowest BCUT2D eigenvalue weighted by Gasteiger charge is -2.18. The van der Waals surface area contributed by atoms with Gasteiger partial charge in [-0.3, -0.25) is 0 Å². The van der Waals surface area contributed by atoms with Crippen LogP contribution in [0.25, 0.3) is 33.0 Å². The molecule has 0 aliphatic rings. The van der Waals surface area contributed by atoms with Crippen molar-refractivity contribution in [2.24, 2.45) is 0 Å². The average molecular weight is 441 g/mol. The molecule has 0 unspecified atom stereocenters. The summed E-state index contributed by atoms with van der Waals surface area (Å²) in [5, 5.41) is 2.25. The minimum absolute atomic E-state index is 0.326. The highest BCUT2D eigenvalue weighted by Gasteiger charge is 2.16. The van der Waals surface area contributed by atoms with Gasteiger partial charge in [0, 0.05) is 19.8 Å². The number of fused-ring (bicyclic) bond motifs is 1. The molecule has 0 bridgehead atoms. The molecule has 168 valence electrons. The maximum atomic E-state index is 12.2. The minimum Gasteiger partial charge on any atom is -0.465 e. The fourth-order valence-electron chi connectivity index (χ4n) is 4.34. The normalized spacial score (nSPS) is 11.2. The number of rotatable bonds is 6. The summed E-state index contributed by atoms with van der Waals surface area (Å²) < 4.78 is 16.0. The monoisotopic (exact) mass is 440 g/mol. The molecule has 0 saturated heterocycles. The standard InChI is InChI=1S/C29H28O4/c1-18-12-14-20(16-26(18)28(30)31-3)22-8-6-11-25-23(9-7-10-24(22)25)21-15-13-19(2)27(17-21)29(32-4)33-5/h6-17,29H,1-5H3. The van der Waals surface area contributed by atoms with Crippen molar-refractivity contribution < 1.29 is 19.0 Å². The van der Waals surface area contributed by atoms with Crippen LogP contribution in [0, 0.1) is 13.8 Å². The maximum Gasteiger partial charge on any atom is 0.338 e. The summed E-state index contributed by atoms with van der Waals surface area (Å²) in [6.07, 6.45) is -0.417. The van der Waals surface area contributed by atoms with Crippen LogP contribution in [0.2, 0.25) is 0 Å². The van der Waals surface area contributed by atoms with Gasteiger partial charge in [-0.25, -0.2) is 4.79 Å². The van der Waals surface area contributed by atoms with Crippen LogP contribution < -0.4 is 0 Å². The van der Waals surface area contributed by atoms with E-state index < -0.39 is 6.29 Å². The number of carbonyl (C=O) groups excluding carboxylic acids is 1. The molecule has 0 spiro atoms. The first-order valence-corrected chi connectivity index (χ1v) is 10.9. The van der Waals surface area contributed by atoms with Gasteiger partial charge in [-0.2, -0.15) is 0 Å². The Balaban J connectivity index is 1.89. The van der Waals surface area contributed by atoms with Crippen molar-refractivity contribution in [1.82, 2.24) is 0 Å². The number of hydrogen-bond acceptors (Lipinski definition) is 4. The van der Waals surface area contributed by atoms with Crippen LogP contribution in [0.4, 0.5) is 0 Å². The Morgan fingerprint density at radius 3 is 1.79 bits per heavy atom. The molecule has 0 saturated carbocycles. The van der Waals surface area contributed by atoms with Crippen molar-refractivity contribution in [3.05, 3.63) is 95.1 Å².